The number of benzene rings is 1. The van der Waals surface area contributed by atoms with E-state index in [9.17, 15) is 4.79 Å². The van der Waals surface area contributed by atoms with Crippen molar-refractivity contribution >= 4 is 11.6 Å². The van der Waals surface area contributed by atoms with Gasteiger partial charge in [0.25, 0.3) is 5.91 Å². The second-order valence-corrected chi connectivity index (χ2v) is 6.17. The maximum atomic E-state index is 12.4. The van der Waals surface area contributed by atoms with Crippen molar-refractivity contribution in [3.63, 3.8) is 0 Å². The maximum Gasteiger partial charge on any atom is 0.255 e. The van der Waals surface area contributed by atoms with Crippen LogP contribution >= 0.6 is 0 Å². The first-order valence-electron chi connectivity index (χ1n) is 8.42. The lowest BCUT2D eigenvalue weighted by Gasteiger charge is -2.15. The van der Waals surface area contributed by atoms with E-state index in [-0.39, 0.29) is 5.91 Å². The first-order valence-corrected chi connectivity index (χ1v) is 8.42. The standard InChI is InChI=1S/C18H22N6O2/c1-4-16-21-22-17(26-16)12-23(2)10-13-6-5-7-14(8-13)18(25)20-15-9-19-24(3)11-15/h5-9,11H,4,10,12H2,1-3H3,(H,20,25). The summed E-state index contributed by atoms with van der Waals surface area (Å²) in [5, 5.41) is 14.9. The molecule has 0 atom stereocenters. The highest BCUT2D eigenvalue weighted by Gasteiger charge is 2.11. The Bertz CT molecular complexity index is 885. The van der Waals surface area contributed by atoms with E-state index in [1.807, 2.05) is 32.2 Å². The van der Waals surface area contributed by atoms with Crippen LogP contribution in [0.5, 0.6) is 0 Å². The van der Waals surface area contributed by atoms with Crippen molar-refractivity contribution in [2.24, 2.45) is 7.05 Å². The second kappa shape index (κ2) is 7.92. The van der Waals surface area contributed by atoms with Crippen molar-refractivity contribution in [3.8, 4) is 0 Å². The Labute approximate surface area is 151 Å². The summed E-state index contributed by atoms with van der Waals surface area (Å²) in [6.07, 6.45) is 4.10. The number of aromatic nitrogens is 4. The lowest BCUT2D eigenvalue weighted by Crippen LogP contribution is -2.18. The molecule has 1 aromatic carbocycles. The molecule has 0 aliphatic carbocycles. The van der Waals surface area contributed by atoms with Gasteiger partial charge in [-0.1, -0.05) is 19.1 Å². The molecule has 0 spiro atoms. The molecule has 2 aromatic heterocycles. The first kappa shape index (κ1) is 17.8. The van der Waals surface area contributed by atoms with Crippen LogP contribution in [0.2, 0.25) is 0 Å². The van der Waals surface area contributed by atoms with Crippen molar-refractivity contribution in [3.05, 3.63) is 59.6 Å². The Hall–Kier alpha value is -3.00. The fraction of sp³-hybridized carbons (Fsp3) is 0.333. The van der Waals surface area contributed by atoms with Crippen LogP contribution in [0.4, 0.5) is 5.69 Å². The third-order valence-electron chi connectivity index (χ3n) is 3.82. The predicted octanol–water partition coefficient (Wildman–Crippen LogP) is 2.25. The minimum Gasteiger partial charge on any atom is -0.424 e. The fourth-order valence-electron chi connectivity index (χ4n) is 2.59. The molecule has 3 rings (SSSR count). The minimum atomic E-state index is -0.160. The average Bonchev–Trinajstić information content (AvgIpc) is 3.23. The number of carbonyl (C=O) groups is 1. The maximum absolute atomic E-state index is 12.4. The van der Waals surface area contributed by atoms with Gasteiger partial charge in [-0.2, -0.15) is 5.10 Å². The normalized spacial score (nSPS) is 11.1. The second-order valence-electron chi connectivity index (χ2n) is 6.17. The Balaban J connectivity index is 1.61. The monoisotopic (exact) mass is 354 g/mol. The summed E-state index contributed by atoms with van der Waals surface area (Å²) in [6.45, 7) is 3.19. The van der Waals surface area contributed by atoms with E-state index in [4.69, 9.17) is 4.42 Å². The molecule has 136 valence electrons. The van der Waals surface area contributed by atoms with Crippen LogP contribution in [-0.4, -0.2) is 37.8 Å². The van der Waals surface area contributed by atoms with Crippen LogP contribution < -0.4 is 5.32 Å². The fourth-order valence-corrected chi connectivity index (χ4v) is 2.59. The van der Waals surface area contributed by atoms with E-state index >= 15 is 0 Å². The molecule has 8 heteroatoms. The van der Waals surface area contributed by atoms with Gasteiger partial charge in [-0.25, -0.2) is 0 Å². The number of nitrogens with zero attached hydrogens (tertiary/aromatic N) is 5. The van der Waals surface area contributed by atoms with E-state index in [0.717, 1.165) is 12.0 Å². The predicted molar refractivity (Wildman–Crippen MR) is 96.5 cm³/mol. The first-order chi connectivity index (χ1) is 12.5. The van der Waals surface area contributed by atoms with Gasteiger partial charge in [0.05, 0.1) is 18.4 Å². The van der Waals surface area contributed by atoms with Crippen LogP contribution in [0.15, 0.2) is 41.1 Å². The zero-order valence-corrected chi connectivity index (χ0v) is 15.1. The van der Waals surface area contributed by atoms with Crippen LogP contribution in [0, 0.1) is 0 Å². The summed E-state index contributed by atoms with van der Waals surface area (Å²) < 4.78 is 7.18. The molecule has 0 aliphatic heterocycles. The van der Waals surface area contributed by atoms with Gasteiger partial charge in [-0.3, -0.25) is 14.4 Å². The molecule has 0 radical (unpaired) electrons. The minimum absolute atomic E-state index is 0.160. The highest BCUT2D eigenvalue weighted by atomic mass is 16.4. The molecule has 3 aromatic rings. The average molecular weight is 354 g/mol. The molecule has 0 saturated carbocycles. The van der Waals surface area contributed by atoms with Gasteiger partial charge < -0.3 is 9.73 Å². The molecular weight excluding hydrogens is 332 g/mol. The highest BCUT2D eigenvalue weighted by molar-refractivity contribution is 6.04. The summed E-state index contributed by atoms with van der Waals surface area (Å²) in [4.78, 5) is 14.5. The lowest BCUT2D eigenvalue weighted by atomic mass is 10.1. The molecule has 2 heterocycles. The smallest absolute Gasteiger partial charge is 0.255 e. The summed E-state index contributed by atoms with van der Waals surface area (Å²) in [5.74, 6) is 1.07. The van der Waals surface area contributed by atoms with E-state index in [1.165, 1.54) is 0 Å². The Kier molecular flexibility index (Phi) is 5.43. The van der Waals surface area contributed by atoms with Gasteiger partial charge in [-0.15, -0.1) is 10.2 Å². The van der Waals surface area contributed by atoms with Gasteiger partial charge in [-0.05, 0) is 24.7 Å². The molecule has 1 N–H and O–H groups in total. The third-order valence-corrected chi connectivity index (χ3v) is 3.82. The van der Waals surface area contributed by atoms with Crippen molar-refractivity contribution < 1.29 is 9.21 Å². The lowest BCUT2D eigenvalue weighted by molar-refractivity contribution is 0.102. The molecule has 8 nitrogen and oxygen atoms in total. The Morgan fingerprint density at radius 1 is 1.27 bits per heavy atom. The van der Waals surface area contributed by atoms with E-state index < -0.39 is 0 Å². The number of hydrogen-bond acceptors (Lipinski definition) is 6. The van der Waals surface area contributed by atoms with Crippen molar-refractivity contribution in [1.82, 2.24) is 24.9 Å². The van der Waals surface area contributed by atoms with Gasteiger partial charge in [0.1, 0.15) is 0 Å². The zero-order valence-electron chi connectivity index (χ0n) is 15.1. The summed E-state index contributed by atoms with van der Waals surface area (Å²) in [7, 11) is 3.77. The molecule has 1 amide bonds. The number of hydrogen-bond donors (Lipinski definition) is 1. The molecule has 0 bridgehead atoms. The van der Waals surface area contributed by atoms with Crippen molar-refractivity contribution in [2.75, 3.05) is 12.4 Å². The number of rotatable bonds is 7. The van der Waals surface area contributed by atoms with Crippen molar-refractivity contribution in [1.29, 1.82) is 0 Å². The number of carbonyl (C=O) groups excluding carboxylic acids is 1. The topological polar surface area (TPSA) is 89.1 Å². The van der Waals surface area contributed by atoms with Crippen molar-refractivity contribution in [2.45, 2.75) is 26.4 Å². The van der Waals surface area contributed by atoms with Gasteiger partial charge in [0.15, 0.2) is 0 Å². The zero-order chi connectivity index (χ0) is 18.5. The van der Waals surface area contributed by atoms with Gasteiger partial charge >= 0.3 is 0 Å². The van der Waals surface area contributed by atoms with Crippen LogP contribution in [-0.2, 0) is 26.6 Å². The summed E-state index contributed by atoms with van der Waals surface area (Å²) >= 11 is 0. The summed E-state index contributed by atoms with van der Waals surface area (Å²) in [6, 6.07) is 7.54. The number of nitrogens with one attached hydrogen (secondary N) is 1. The number of amides is 1. The van der Waals surface area contributed by atoms with E-state index in [0.29, 0.717) is 36.1 Å². The Morgan fingerprint density at radius 2 is 2.08 bits per heavy atom. The number of aryl methyl sites for hydroxylation is 2. The largest absolute Gasteiger partial charge is 0.424 e. The highest BCUT2D eigenvalue weighted by Crippen LogP contribution is 2.12. The number of anilines is 1. The Morgan fingerprint density at radius 3 is 2.77 bits per heavy atom. The van der Waals surface area contributed by atoms with E-state index in [2.05, 4.69) is 25.5 Å². The third kappa shape index (κ3) is 4.54. The van der Waals surface area contributed by atoms with Crippen LogP contribution in [0.1, 0.15) is 34.6 Å². The summed E-state index contributed by atoms with van der Waals surface area (Å²) in [5.41, 5.74) is 2.30. The molecular formula is C18H22N6O2. The van der Waals surface area contributed by atoms with Crippen LogP contribution in [0.3, 0.4) is 0 Å². The van der Waals surface area contributed by atoms with Gasteiger partial charge in [0.2, 0.25) is 11.8 Å². The molecule has 0 unspecified atom stereocenters. The SMILES string of the molecule is CCc1nnc(CN(C)Cc2cccc(C(=O)Nc3cnn(C)c3)c2)o1. The quantitative estimate of drug-likeness (QED) is 0.700. The van der Waals surface area contributed by atoms with Crippen LogP contribution in [0.25, 0.3) is 0 Å². The molecule has 0 saturated heterocycles. The molecule has 0 aliphatic rings. The van der Waals surface area contributed by atoms with Gasteiger partial charge in [0, 0.05) is 31.8 Å². The van der Waals surface area contributed by atoms with E-state index in [1.54, 1.807) is 30.2 Å². The molecule has 26 heavy (non-hydrogen) atoms. The molecule has 0 fully saturated rings.